The average molecular weight is 473 g/mol. The highest BCUT2D eigenvalue weighted by atomic mass is 16.5. The van der Waals surface area contributed by atoms with Crippen LogP contribution in [0, 0.1) is 0 Å². The predicted molar refractivity (Wildman–Crippen MR) is 132 cm³/mol. The van der Waals surface area contributed by atoms with Gasteiger partial charge >= 0.3 is 0 Å². The lowest BCUT2D eigenvalue weighted by Crippen LogP contribution is -2.42. The summed E-state index contributed by atoms with van der Waals surface area (Å²) in [6.45, 7) is 3.53. The Bertz CT molecular complexity index is 1340. The minimum atomic E-state index is -0.360. The number of methoxy groups -OCH3 is 1. The van der Waals surface area contributed by atoms with Crippen molar-refractivity contribution in [3.63, 3.8) is 0 Å². The summed E-state index contributed by atoms with van der Waals surface area (Å²) in [6.07, 6.45) is 10.8. The molecule has 2 aliphatic rings. The predicted octanol–water partition coefficient (Wildman–Crippen LogP) is 3.43. The fraction of sp³-hybridized carbons (Fsp3) is 0.308. The van der Waals surface area contributed by atoms with Gasteiger partial charge in [-0.05, 0) is 31.1 Å². The van der Waals surface area contributed by atoms with Gasteiger partial charge < -0.3 is 19.5 Å². The van der Waals surface area contributed by atoms with E-state index in [1.54, 1.807) is 19.1 Å². The van der Waals surface area contributed by atoms with E-state index in [-0.39, 0.29) is 23.4 Å². The van der Waals surface area contributed by atoms with Crippen molar-refractivity contribution in [3.8, 4) is 17.0 Å². The standard InChI is InChI=1S/C26H28N6O3/c1-17-8-9-19(28-25(33)23-21(15-27-30(23)2)26(34)31-11-5-12-31)10-13-32-16-22(29-24(17)32)18-6-4-7-20(14-18)35-3/h4,6-7,9-10,13-17H,5,8,11-12H2,1-3H3,(H,28,33)/b13-10?,19-9-. The number of hydrogen-bond acceptors (Lipinski definition) is 5. The molecule has 1 N–H and O–H groups in total. The first-order valence-electron chi connectivity index (χ1n) is 11.7. The molecule has 1 saturated heterocycles. The molecule has 1 atom stereocenters. The molecule has 0 saturated carbocycles. The van der Waals surface area contributed by atoms with Gasteiger partial charge in [-0.1, -0.05) is 25.1 Å². The number of allylic oxidation sites excluding steroid dienone is 2. The summed E-state index contributed by atoms with van der Waals surface area (Å²) >= 11 is 0. The second-order valence-electron chi connectivity index (χ2n) is 8.87. The van der Waals surface area contributed by atoms with Gasteiger partial charge in [0.1, 0.15) is 17.3 Å². The van der Waals surface area contributed by atoms with Crippen LogP contribution in [-0.2, 0) is 7.05 Å². The SMILES string of the molecule is COc1cccc(-c2cn3c(n2)C(C)C/C=C(\NC(=O)c2c(C(=O)N4CCC4)cnn2C)C=C3)c1. The third-order valence-electron chi connectivity index (χ3n) is 6.46. The van der Waals surface area contributed by atoms with Gasteiger partial charge in [0, 0.05) is 49.7 Å². The zero-order chi connectivity index (χ0) is 24.5. The number of ether oxygens (including phenoxy) is 1. The molecule has 180 valence electrons. The zero-order valence-corrected chi connectivity index (χ0v) is 20.1. The van der Waals surface area contributed by atoms with Crippen LogP contribution in [0.15, 0.2) is 54.5 Å². The minimum Gasteiger partial charge on any atom is -0.497 e. The molecule has 2 aromatic heterocycles. The lowest BCUT2D eigenvalue weighted by molar-refractivity contribution is 0.0647. The van der Waals surface area contributed by atoms with Crippen molar-refractivity contribution in [2.75, 3.05) is 20.2 Å². The number of amides is 2. The van der Waals surface area contributed by atoms with Gasteiger partial charge in [0.15, 0.2) is 0 Å². The number of aryl methyl sites for hydroxylation is 1. The molecule has 9 nitrogen and oxygen atoms in total. The van der Waals surface area contributed by atoms with E-state index in [2.05, 4.69) is 17.3 Å². The van der Waals surface area contributed by atoms with Gasteiger partial charge in [-0.15, -0.1) is 0 Å². The van der Waals surface area contributed by atoms with Crippen LogP contribution in [0.4, 0.5) is 0 Å². The molecular formula is C26H28N6O3. The Kier molecular flexibility index (Phi) is 5.98. The molecule has 0 bridgehead atoms. The van der Waals surface area contributed by atoms with Crippen molar-refractivity contribution < 1.29 is 14.3 Å². The molecule has 0 spiro atoms. The fourth-order valence-electron chi connectivity index (χ4n) is 4.29. The molecule has 0 radical (unpaired) electrons. The number of hydrogen-bond donors (Lipinski definition) is 1. The number of fused-ring (bicyclic) bond motifs is 1. The summed E-state index contributed by atoms with van der Waals surface area (Å²) in [5.41, 5.74) is 3.07. The first-order chi connectivity index (χ1) is 16.9. The fourth-order valence-corrected chi connectivity index (χ4v) is 4.29. The van der Waals surface area contributed by atoms with Crippen molar-refractivity contribution in [3.05, 3.63) is 71.6 Å². The van der Waals surface area contributed by atoms with Crippen molar-refractivity contribution >= 4 is 18.0 Å². The van der Waals surface area contributed by atoms with Gasteiger partial charge in [0.25, 0.3) is 11.8 Å². The average Bonchev–Trinajstić information content (AvgIpc) is 3.42. The molecule has 3 aromatic rings. The Morgan fingerprint density at radius 2 is 2.06 bits per heavy atom. The number of nitrogens with one attached hydrogen (secondary N) is 1. The van der Waals surface area contributed by atoms with Gasteiger partial charge in [-0.3, -0.25) is 14.3 Å². The number of carbonyl (C=O) groups excluding carboxylic acids is 2. The Hall–Kier alpha value is -4.14. The minimum absolute atomic E-state index is 0.131. The maximum absolute atomic E-state index is 13.2. The van der Waals surface area contributed by atoms with Crippen molar-refractivity contribution in [1.82, 2.24) is 29.5 Å². The summed E-state index contributed by atoms with van der Waals surface area (Å²) in [5.74, 6) is 1.33. The first-order valence-corrected chi connectivity index (χ1v) is 11.7. The molecular weight excluding hydrogens is 444 g/mol. The summed E-state index contributed by atoms with van der Waals surface area (Å²) < 4.78 is 8.79. The van der Waals surface area contributed by atoms with Crippen LogP contribution < -0.4 is 10.1 Å². The number of likely N-dealkylation sites (tertiary alicyclic amines) is 1. The highest BCUT2D eigenvalue weighted by Crippen LogP contribution is 2.28. The second kappa shape index (κ2) is 9.25. The third kappa shape index (κ3) is 4.37. The number of rotatable bonds is 5. The van der Waals surface area contributed by atoms with E-state index < -0.39 is 0 Å². The van der Waals surface area contributed by atoms with E-state index in [0.717, 1.165) is 29.3 Å². The van der Waals surface area contributed by atoms with Crippen molar-refractivity contribution in [2.45, 2.75) is 25.7 Å². The van der Waals surface area contributed by atoms with E-state index in [9.17, 15) is 9.59 Å². The van der Waals surface area contributed by atoms with E-state index in [1.165, 1.54) is 10.9 Å². The molecule has 35 heavy (non-hydrogen) atoms. The second-order valence-corrected chi connectivity index (χ2v) is 8.87. The quantitative estimate of drug-likeness (QED) is 0.614. The number of nitrogens with zero attached hydrogens (tertiary/aromatic N) is 5. The maximum atomic E-state index is 13.2. The van der Waals surface area contributed by atoms with Crippen molar-refractivity contribution in [1.29, 1.82) is 0 Å². The topological polar surface area (TPSA) is 94.3 Å². The number of imidazole rings is 1. The van der Waals surface area contributed by atoms with Gasteiger partial charge in [-0.25, -0.2) is 4.98 Å². The largest absolute Gasteiger partial charge is 0.497 e. The van der Waals surface area contributed by atoms with Crippen molar-refractivity contribution in [2.24, 2.45) is 7.05 Å². The van der Waals surface area contributed by atoms with Crippen LogP contribution in [0.2, 0.25) is 0 Å². The van der Waals surface area contributed by atoms with Crippen LogP contribution in [-0.4, -0.2) is 56.2 Å². The smallest absolute Gasteiger partial charge is 0.274 e. The summed E-state index contributed by atoms with van der Waals surface area (Å²) in [5, 5.41) is 7.12. The number of carbonyl (C=O) groups is 2. The Morgan fingerprint density at radius 3 is 2.80 bits per heavy atom. The van der Waals surface area contributed by atoms with Crippen LogP contribution in [0.3, 0.4) is 0 Å². The van der Waals surface area contributed by atoms with Crippen LogP contribution in [0.5, 0.6) is 5.75 Å². The summed E-state index contributed by atoms with van der Waals surface area (Å²) in [7, 11) is 3.32. The molecule has 1 unspecified atom stereocenters. The first kappa shape index (κ1) is 22.6. The Balaban J connectivity index is 1.38. The van der Waals surface area contributed by atoms with E-state index >= 15 is 0 Å². The zero-order valence-electron chi connectivity index (χ0n) is 20.1. The monoisotopic (exact) mass is 472 g/mol. The normalized spacial score (nSPS) is 18.5. The molecule has 2 aliphatic heterocycles. The highest BCUT2D eigenvalue weighted by Gasteiger charge is 2.29. The molecule has 1 fully saturated rings. The molecule has 0 aliphatic carbocycles. The Morgan fingerprint density at radius 1 is 1.23 bits per heavy atom. The van der Waals surface area contributed by atoms with Gasteiger partial charge in [0.05, 0.1) is 24.6 Å². The molecule has 9 heteroatoms. The Labute approximate surface area is 203 Å². The maximum Gasteiger partial charge on any atom is 0.274 e. The number of aromatic nitrogens is 4. The third-order valence-corrected chi connectivity index (χ3v) is 6.46. The van der Waals surface area contributed by atoms with E-state index in [4.69, 9.17) is 9.72 Å². The summed E-state index contributed by atoms with van der Waals surface area (Å²) in [4.78, 5) is 32.5. The van der Waals surface area contributed by atoms with E-state index in [1.807, 2.05) is 53.4 Å². The van der Waals surface area contributed by atoms with Crippen LogP contribution in [0.1, 0.15) is 52.4 Å². The van der Waals surface area contributed by atoms with Crippen LogP contribution in [0.25, 0.3) is 17.5 Å². The highest BCUT2D eigenvalue weighted by molar-refractivity contribution is 6.06. The lowest BCUT2D eigenvalue weighted by Gasteiger charge is -2.30. The van der Waals surface area contributed by atoms with E-state index in [0.29, 0.717) is 30.8 Å². The lowest BCUT2D eigenvalue weighted by atomic mass is 10.1. The molecule has 4 heterocycles. The number of benzene rings is 1. The van der Waals surface area contributed by atoms with Crippen LogP contribution >= 0.6 is 0 Å². The van der Waals surface area contributed by atoms with Gasteiger partial charge in [-0.2, -0.15) is 5.10 Å². The van der Waals surface area contributed by atoms with Gasteiger partial charge in [0.2, 0.25) is 0 Å². The molecule has 1 aromatic carbocycles. The molecule has 5 rings (SSSR count). The summed E-state index contributed by atoms with van der Waals surface area (Å²) in [6, 6.07) is 7.81. The molecule has 2 amide bonds.